The summed E-state index contributed by atoms with van der Waals surface area (Å²) in [6.07, 6.45) is 0. The highest BCUT2D eigenvalue weighted by atomic mass is 16.5. The van der Waals surface area contributed by atoms with Gasteiger partial charge in [-0.1, -0.05) is 29.8 Å². The fourth-order valence-corrected chi connectivity index (χ4v) is 4.49. The largest absolute Gasteiger partial charge is 0.463 e. The minimum Gasteiger partial charge on any atom is -0.463 e. The Morgan fingerprint density at radius 2 is 1.83 bits per heavy atom. The second-order valence-electron chi connectivity index (χ2n) is 10.4. The number of amides is 4. The number of nitrogens with zero attached hydrogens (tertiary/aromatic N) is 3. The number of urea groups is 2. The highest BCUT2D eigenvalue weighted by molar-refractivity contribution is 5.95. The van der Waals surface area contributed by atoms with Gasteiger partial charge in [-0.05, 0) is 47.1 Å². The van der Waals surface area contributed by atoms with Crippen LogP contribution in [0.4, 0.5) is 9.59 Å². The van der Waals surface area contributed by atoms with Crippen molar-refractivity contribution in [3.63, 3.8) is 0 Å². The van der Waals surface area contributed by atoms with E-state index in [1.54, 1.807) is 14.0 Å². The fraction of sp³-hybridized carbons (Fsp3) is 0.577. The number of ether oxygens (including phenoxy) is 1. The van der Waals surface area contributed by atoms with E-state index in [1.807, 2.05) is 63.8 Å². The number of carbonyl (C=O) groups is 3. The number of piperazine rings is 1. The second-order valence-corrected chi connectivity index (χ2v) is 10.4. The van der Waals surface area contributed by atoms with Crippen molar-refractivity contribution in [2.24, 2.45) is 0 Å². The van der Waals surface area contributed by atoms with Gasteiger partial charge in [0, 0.05) is 50.5 Å². The molecule has 0 unspecified atom stereocenters. The van der Waals surface area contributed by atoms with Crippen LogP contribution in [0.25, 0.3) is 0 Å². The summed E-state index contributed by atoms with van der Waals surface area (Å²) in [5.74, 6) is -0.434. The molecule has 2 aliphatic rings. The van der Waals surface area contributed by atoms with E-state index in [0.29, 0.717) is 37.4 Å². The van der Waals surface area contributed by atoms with Crippen molar-refractivity contribution in [2.75, 3.05) is 39.8 Å². The van der Waals surface area contributed by atoms with Gasteiger partial charge in [0.2, 0.25) is 0 Å². The molecule has 4 amide bonds. The highest BCUT2D eigenvalue weighted by Crippen LogP contribution is 2.32. The maximum Gasteiger partial charge on any atom is 0.338 e. The Hall–Kier alpha value is -3.07. The molecular weight excluding hydrogens is 446 g/mol. The minimum absolute atomic E-state index is 0.0200. The lowest BCUT2D eigenvalue weighted by Gasteiger charge is -2.43. The van der Waals surface area contributed by atoms with E-state index >= 15 is 0 Å². The number of benzene rings is 1. The normalized spacial score (nSPS) is 21.6. The van der Waals surface area contributed by atoms with Gasteiger partial charge >= 0.3 is 18.0 Å². The summed E-state index contributed by atoms with van der Waals surface area (Å²) in [6.45, 7) is 14.1. The van der Waals surface area contributed by atoms with Gasteiger partial charge in [-0.15, -0.1) is 0 Å². The number of hydrogen-bond donors (Lipinski definition) is 2. The fourth-order valence-electron chi connectivity index (χ4n) is 4.49. The van der Waals surface area contributed by atoms with E-state index in [2.05, 4.69) is 15.5 Å². The van der Waals surface area contributed by atoms with E-state index < -0.39 is 12.0 Å². The molecule has 0 aromatic heterocycles. The molecule has 3 rings (SSSR count). The first-order valence-corrected chi connectivity index (χ1v) is 12.2. The van der Waals surface area contributed by atoms with Gasteiger partial charge in [0.1, 0.15) is 0 Å². The van der Waals surface area contributed by atoms with Crippen LogP contribution in [0.3, 0.4) is 0 Å². The zero-order valence-electron chi connectivity index (χ0n) is 22.0. The first-order chi connectivity index (χ1) is 16.4. The summed E-state index contributed by atoms with van der Waals surface area (Å²) in [6, 6.07) is 6.82. The number of likely N-dealkylation sites (N-methyl/N-ethyl adjacent to an activating group) is 1. The topological polar surface area (TPSA) is 94.2 Å². The van der Waals surface area contributed by atoms with Crippen LogP contribution in [-0.4, -0.2) is 84.1 Å². The molecule has 1 aromatic carbocycles. The molecule has 0 aliphatic carbocycles. The van der Waals surface area contributed by atoms with E-state index in [-0.39, 0.29) is 30.2 Å². The lowest BCUT2D eigenvalue weighted by molar-refractivity contribution is -0.139. The molecule has 0 saturated carbocycles. The molecular formula is C26H39N5O4. The monoisotopic (exact) mass is 485 g/mol. The Morgan fingerprint density at radius 3 is 2.40 bits per heavy atom. The molecule has 9 heteroatoms. The van der Waals surface area contributed by atoms with Crippen LogP contribution in [0.2, 0.25) is 0 Å². The van der Waals surface area contributed by atoms with Crippen LogP contribution < -0.4 is 10.6 Å². The number of nitrogens with one attached hydrogen (secondary N) is 2. The van der Waals surface area contributed by atoms with Gasteiger partial charge in [-0.3, -0.25) is 9.80 Å². The first-order valence-electron chi connectivity index (χ1n) is 12.2. The lowest BCUT2D eigenvalue weighted by atomic mass is 9.93. The maximum atomic E-state index is 13.2. The van der Waals surface area contributed by atoms with E-state index in [0.717, 1.165) is 11.1 Å². The van der Waals surface area contributed by atoms with Gasteiger partial charge in [0.05, 0.1) is 18.2 Å². The maximum absolute atomic E-state index is 13.2. The number of aryl methyl sites for hydroxylation is 1. The zero-order valence-corrected chi connectivity index (χ0v) is 22.0. The van der Waals surface area contributed by atoms with Crippen LogP contribution in [-0.2, 0) is 9.53 Å². The van der Waals surface area contributed by atoms with Crippen LogP contribution in [0, 0.1) is 6.92 Å². The van der Waals surface area contributed by atoms with E-state index in [1.165, 1.54) is 4.90 Å². The molecule has 35 heavy (non-hydrogen) atoms. The summed E-state index contributed by atoms with van der Waals surface area (Å²) < 4.78 is 5.42. The van der Waals surface area contributed by atoms with E-state index in [4.69, 9.17) is 4.74 Å². The standard InChI is InChI=1S/C26H39N5O4/c1-8-35-23(32)21-20(29(7)24(33)27-22(21)19-11-9-17(2)10-12-19)16-30-13-14-31(18(3)15-30)25(34)28-26(4,5)6/h9-12,18,22H,8,13-16H2,1-7H3,(H,27,33)(H,28,34)/t18-,22+/m1/s1. The van der Waals surface area contributed by atoms with Crippen molar-refractivity contribution in [1.29, 1.82) is 0 Å². The lowest BCUT2D eigenvalue weighted by Crippen LogP contribution is -2.59. The summed E-state index contributed by atoms with van der Waals surface area (Å²) in [5.41, 5.74) is 2.68. The summed E-state index contributed by atoms with van der Waals surface area (Å²) in [5, 5.41) is 5.99. The van der Waals surface area contributed by atoms with Crippen LogP contribution in [0.15, 0.2) is 35.5 Å². The molecule has 192 valence electrons. The Kier molecular flexibility index (Phi) is 8.10. The minimum atomic E-state index is -0.593. The van der Waals surface area contributed by atoms with Gasteiger partial charge < -0.3 is 20.3 Å². The third-order valence-electron chi connectivity index (χ3n) is 6.31. The third kappa shape index (κ3) is 6.33. The Bertz CT molecular complexity index is 982. The number of rotatable bonds is 5. The van der Waals surface area contributed by atoms with Crippen molar-refractivity contribution in [2.45, 2.75) is 59.2 Å². The molecule has 0 radical (unpaired) electrons. The quantitative estimate of drug-likeness (QED) is 0.626. The predicted molar refractivity (Wildman–Crippen MR) is 135 cm³/mol. The SMILES string of the molecule is CCOC(=O)C1=C(CN2CCN(C(=O)NC(C)(C)C)[C@H](C)C2)N(C)C(=O)N[C@H]1c1ccc(C)cc1. The molecule has 2 heterocycles. The van der Waals surface area contributed by atoms with E-state index in [9.17, 15) is 14.4 Å². The van der Waals surface area contributed by atoms with Crippen molar-refractivity contribution < 1.29 is 19.1 Å². The summed E-state index contributed by atoms with van der Waals surface area (Å²) >= 11 is 0. The third-order valence-corrected chi connectivity index (χ3v) is 6.31. The van der Waals surface area contributed by atoms with Crippen LogP contribution >= 0.6 is 0 Å². The molecule has 2 N–H and O–H groups in total. The predicted octanol–water partition coefficient (Wildman–Crippen LogP) is 3.02. The first kappa shape index (κ1) is 26.5. The molecule has 1 aromatic rings. The van der Waals surface area contributed by atoms with Gasteiger partial charge in [0.25, 0.3) is 0 Å². The Morgan fingerprint density at radius 1 is 1.17 bits per heavy atom. The van der Waals surface area contributed by atoms with Gasteiger partial charge in [-0.2, -0.15) is 0 Å². The van der Waals surface area contributed by atoms with Gasteiger partial charge in [0.15, 0.2) is 0 Å². The molecule has 0 bridgehead atoms. The average molecular weight is 486 g/mol. The summed E-state index contributed by atoms with van der Waals surface area (Å²) in [4.78, 5) is 44.3. The van der Waals surface area contributed by atoms with Crippen molar-refractivity contribution in [3.8, 4) is 0 Å². The molecule has 0 spiro atoms. The molecule has 2 aliphatic heterocycles. The Balaban J connectivity index is 1.88. The van der Waals surface area contributed by atoms with Crippen molar-refractivity contribution >= 4 is 18.0 Å². The Labute approximate surface area is 208 Å². The number of carbonyl (C=O) groups excluding carboxylic acids is 3. The summed E-state index contributed by atoms with van der Waals surface area (Å²) in [7, 11) is 1.67. The molecule has 9 nitrogen and oxygen atoms in total. The average Bonchev–Trinajstić information content (AvgIpc) is 2.76. The van der Waals surface area contributed by atoms with Crippen molar-refractivity contribution in [3.05, 3.63) is 46.7 Å². The van der Waals surface area contributed by atoms with Crippen molar-refractivity contribution in [1.82, 2.24) is 25.3 Å². The number of hydrogen-bond acceptors (Lipinski definition) is 5. The second kappa shape index (κ2) is 10.7. The zero-order chi connectivity index (χ0) is 25.9. The van der Waals surface area contributed by atoms with Crippen LogP contribution in [0.1, 0.15) is 51.8 Å². The van der Waals surface area contributed by atoms with Gasteiger partial charge in [-0.25, -0.2) is 14.4 Å². The number of esters is 1. The molecule has 1 fully saturated rings. The molecule has 2 atom stereocenters. The smallest absolute Gasteiger partial charge is 0.338 e. The molecule has 1 saturated heterocycles. The van der Waals surface area contributed by atoms with Crippen LogP contribution in [0.5, 0.6) is 0 Å². The highest BCUT2D eigenvalue weighted by Gasteiger charge is 2.38.